The number of aromatic nitrogens is 3. The highest BCUT2D eigenvalue weighted by Crippen LogP contribution is 2.28. The van der Waals surface area contributed by atoms with Crippen LogP contribution in [0.15, 0.2) is 30.5 Å². The Morgan fingerprint density at radius 2 is 1.94 bits per heavy atom. The minimum atomic E-state index is -4.65. The van der Waals surface area contributed by atoms with Crippen LogP contribution in [0.3, 0.4) is 0 Å². The Kier molecular flexibility index (Phi) is 7.27. The molecule has 1 aliphatic rings. The Labute approximate surface area is 203 Å². The molecule has 0 radical (unpaired) electrons. The number of benzene rings is 1. The van der Waals surface area contributed by atoms with Crippen molar-refractivity contribution in [3.8, 4) is 11.3 Å². The summed E-state index contributed by atoms with van der Waals surface area (Å²) in [7, 11) is -4.39. The van der Waals surface area contributed by atoms with E-state index < -0.39 is 46.0 Å². The van der Waals surface area contributed by atoms with Crippen LogP contribution in [0.1, 0.15) is 18.4 Å². The number of fused-ring (bicyclic) bond motifs is 1. The average Bonchev–Trinajstić information content (AvgIpc) is 2.79. The monoisotopic (exact) mass is 530 g/mol. The highest BCUT2D eigenvalue weighted by Gasteiger charge is 2.30. The fourth-order valence-corrected chi connectivity index (χ4v) is 4.91. The lowest BCUT2D eigenvalue weighted by Gasteiger charge is -2.26. The number of nitrogens with zero attached hydrogens (tertiary/aromatic N) is 3. The molecular formula is C22H23F5N6O2S. The van der Waals surface area contributed by atoms with Crippen molar-refractivity contribution in [2.45, 2.75) is 38.2 Å². The van der Waals surface area contributed by atoms with Gasteiger partial charge in [0.15, 0.2) is 0 Å². The van der Waals surface area contributed by atoms with Crippen molar-refractivity contribution in [3.63, 3.8) is 0 Å². The van der Waals surface area contributed by atoms with E-state index in [-0.39, 0.29) is 6.04 Å². The number of halogens is 5. The van der Waals surface area contributed by atoms with Crippen molar-refractivity contribution in [3.05, 3.63) is 41.8 Å². The van der Waals surface area contributed by atoms with Gasteiger partial charge in [-0.05, 0) is 30.7 Å². The first-order valence-electron chi connectivity index (χ1n) is 11.0. The van der Waals surface area contributed by atoms with Gasteiger partial charge in [-0.3, -0.25) is 4.72 Å². The minimum absolute atomic E-state index is 0.161. The molecule has 0 amide bonds. The second-order valence-electron chi connectivity index (χ2n) is 8.57. The van der Waals surface area contributed by atoms with Crippen LogP contribution < -0.4 is 15.4 Å². The molecule has 0 spiro atoms. The minimum Gasteiger partial charge on any atom is -0.350 e. The van der Waals surface area contributed by atoms with E-state index in [1.165, 1.54) is 12.3 Å². The molecule has 194 valence electrons. The summed E-state index contributed by atoms with van der Waals surface area (Å²) in [6.07, 6.45) is -5.32. The van der Waals surface area contributed by atoms with Gasteiger partial charge in [-0.15, -0.1) is 0 Å². The van der Waals surface area contributed by atoms with E-state index in [1.807, 2.05) is 4.72 Å². The van der Waals surface area contributed by atoms with E-state index in [2.05, 4.69) is 25.6 Å². The van der Waals surface area contributed by atoms with E-state index in [0.29, 0.717) is 53.3 Å². The number of nitrogens with one attached hydrogen (secondary N) is 3. The molecule has 1 fully saturated rings. The van der Waals surface area contributed by atoms with Crippen molar-refractivity contribution in [2.75, 3.05) is 28.9 Å². The van der Waals surface area contributed by atoms with Crippen molar-refractivity contribution in [2.24, 2.45) is 0 Å². The van der Waals surface area contributed by atoms with Crippen LogP contribution >= 0.6 is 0 Å². The van der Waals surface area contributed by atoms with Crippen molar-refractivity contribution in [1.82, 2.24) is 20.3 Å². The second-order valence-corrected chi connectivity index (χ2v) is 10.4. The van der Waals surface area contributed by atoms with Crippen LogP contribution in [0.4, 0.5) is 33.6 Å². The first kappa shape index (κ1) is 25.9. The predicted octanol–water partition coefficient (Wildman–Crippen LogP) is 3.95. The number of hydrogen-bond acceptors (Lipinski definition) is 7. The Bertz CT molecular complexity index is 1370. The number of anilines is 2. The third kappa shape index (κ3) is 6.55. The Hall–Kier alpha value is -3.13. The van der Waals surface area contributed by atoms with Crippen molar-refractivity contribution >= 4 is 32.7 Å². The molecule has 1 unspecified atom stereocenters. The first-order valence-corrected chi connectivity index (χ1v) is 12.7. The van der Waals surface area contributed by atoms with Crippen LogP contribution in [0.2, 0.25) is 0 Å². The number of rotatable bonds is 7. The zero-order chi connectivity index (χ0) is 26.1. The van der Waals surface area contributed by atoms with Gasteiger partial charge in [0.05, 0.1) is 35.3 Å². The maximum absolute atomic E-state index is 14.6. The smallest absolute Gasteiger partial charge is 0.350 e. The number of pyridine rings is 1. The molecule has 3 aromatic rings. The molecule has 3 N–H and O–H groups in total. The summed E-state index contributed by atoms with van der Waals surface area (Å²) in [6, 6.07) is 5.07. The molecule has 4 rings (SSSR count). The van der Waals surface area contributed by atoms with Crippen LogP contribution in [-0.2, 0) is 10.0 Å². The summed E-state index contributed by atoms with van der Waals surface area (Å²) in [5.74, 6) is -1.86. The fraction of sp³-hybridized carbons (Fsp3) is 0.409. The molecule has 1 aliphatic heterocycles. The zero-order valence-electron chi connectivity index (χ0n) is 19.0. The van der Waals surface area contributed by atoms with Crippen LogP contribution in [0, 0.1) is 12.7 Å². The molecule has 0 bridgehead atoms. The number of hydrogen-bond donors (Lipinski definition) is 3. The van der Waals surface area contributed by atoms with Gasteiger partial charge in [0, 0.05) is 31.1 Å². The molecule has 8 nitrogen and oxygen atoms in total. The standard InChI is InChI=1S/C22H23F5N6O2S/c1-12-6-18(13-2-3-17(16(24)7-13)33-36(34,35)5-4-22(25,26)27)31-19-11-29-21(32-20(12)19)30-15-8-14(23)9-28-10-15/h2-3,6-7,11,14-15,28,33H,4-5,8-10H2,1H3,(H,29,30,32)/t14?,15-/m0/s1. The molecule has 0 saturated carbocycles. The molecular weight excluding hydrogens is 507 g/mol. The zero-order valence-corrected chi connectivity index (χ0v) is 19.8. The van der Waals surface area contributed by atoms with Gasteiger partial charge in [-0.2, -0.15) is 13.2 Å². The highest BCUT2D eigenvalue weighted by atomic mass is 32.2. The van der Waals surface area contributed by atoms with Gasteiger partial charge >= 0.3 is 6.18 Å². The van der Waals surface area contributed by atoms with Crippen molar-refractivity contribution < 1.29 is 30.4 Å². The highest BCUT2D eigenvalue weighted by molar-refractivity contribution is 7.92. The Balaban J connectivity index is 1.53. The first-order chi connectivity index (χ1) is 16.9. The van der Waals surface area contributed by atoms with E-state index in [1.54, 1.807) is 13.0 Å². The summed E-state index contributed by atoms with van der Waals surface area (Å²) >= 11 is 0. The predicted molar refractivity (Wildman–Crippen MR) is 125 cm³/mol. The summed E-state index contributed by atoms with van der Waals surface area (Å²) in [4.78, 5) is 13.2. The number of alkyl halides is 4. The lowest BCUT2D eigenvalue weighted by molar-refractivity contribution is -0.129. The Morgan fingerprint density at radius 1 is 1.17 bits per heavy atom. The van der Waals surface area contributed by atoms with E-state index in [4.69, 9.17) is 0 Å². The summed E-state index contributed by atoms with van der Waals surface area (Å²) in [6.45, 7) is 2.68. The van der Waals surface area contributed by atoms with Crippen molar-refractivity contribution in [1.29, 1.82) is 0 Å². The lowest BCUT2D eigenvalue weighted by atomic mass is 10.1. The molecule has 3 heterocycles. The quantitative estimate of drug-likeness (QED) is 0.397. The number of aryl methyl sites for hydroxylation is 1. The van der Waals surface area contributed by atoms with Gasteiger partial charge in [0.2, 0.25) is 16.0 Å². The van der Waals surface area contributed by atoms with Gasteiger partial charge < -0.3 is 10.6 Å². The second kappa shape index (κ2) is 10.1. The van der Waals surface area contributed by atoms with Gasteiger partial charge in [0.25, 0.3) is 0 Å². The van der Waals surface area contributed by atoms with E-state index >= 15 is 0 Å². The lowest BCUT2D eigenvalue weighted by Crippen LogP contribution is -2.44. The SMILES string of the molecule is Cc1cc(-c2ccc(NS(=O)(=O)CCC(F)(F)F)c(F)c2)nc2cnc(N[C@@H]3CNCC(F)C3)nc12. The summed E-state index contributed by atoms with van der Waals surface area (Å²) < 4.78 is 90.8. The summed E-state index contributed by atoms with van der Waals surface area (Å²) in [5, 5.41) is 6.10. The topological polar surface area (TPSA) is 109 Å². The number of piperidine rings is 1. The third-order valence-electron chi connectivity index (χ3n) is 5.55. The normalized spacial score (nSPS) is 18.8. The van der Waals surface area contributed by atoms with Gasteiger partial charge in [-0.1, -0.05) is 6.07 Å². The van der Waals surface area contributed by atoms with Gasteiger partial charge in [0.1, 0.15) is 17.5 Å². The molecule has 0 aliphatic carbocycles. The maximum Gasteiger partial charge on any atom is 0.390 e. The third-order valence-corrected chi connectivity index (χ3v) is 6.82. The fourth-order valence-electron chi connectivity index (χ4n) is 3.81. The average molecular weight is 531 g/mol. The molecule has 1 saturated heterocycles. The molecule has 2 aromatic heterocycles. The summed E-state index contributed by atoms with van der Waals surface area (Å²) in [5.41, 5.74) is 1.91. The molecule has 2 atom stereocenters. The number of sulfonamides is 1. The molecule has 36 heavy (non-hydrogen) atoms. The van der Waals surface area contributed by atoms with Gasteiger partial charge in [-0.25, -0.2) is 32.2 Å². The Morgan fingerprint density at radius 3 is 2.64 bits per heavy atom. The molecule has 14 heteroatoms. The van der Waals surface area contributed by atoms with E-state index in [0.717, 1.165) is 12.1 Å². The largest absolute Gasteiger partial charge is 0.390 e. The van der Waals surface area contributed by atoms with Crippen LogP contribution in [0.5, 0.6) is 0 Å². The maximum atomic E-state index is 14.6. The van der Waals surface area contributed by atoms with E-state index in [9.17, 15) is 30.4 Å². The van der Waals surface area contributed by atoms with Crippen LogP contribution in [0.25, 0.3) is 22.3 Å². The molecule has 1 aromatic carbocycles. The van der Waals surface area contributed by atoms with Crippen LogP contribution in [-0.4, -0.2) is 60.6 Å².